The molecule has 2 heterocycles. The number of nitrogens with zero attached hydrogens (tertiary/aromatic N) is 1. The first-order valence-electron chi connectivity index (χ1n) is 10.9. The van der Waals surface area contributed by atoms with Gasteiger partial charge in [-0.15, -0.1) is 17.3 Å². The molecule has 34 heavy (non-hydrogen) atoms. The first kappa shape index (κ1) is 23.3. The molecule has 172 valence electrons. The van der Waals surface area contributed by atoms with Crippen LogP contribution in [0.15, 0.2) is 60.0 Å². The summed E-state index contributed by atoms with van der Waals surface area (Å²) in [5.41, 5.74) is 5.11. The molecule has 0 fully saturated rings. The van der Waals surface area contributed by atoms with E-state index in [-0.39, 0.29) is 12.3 Å². The van der Waals surface area contributed by atoms with Crippen LogP contribution in [0.2, 0.25) is 0 Å². The van der Waals surface area contributed by atoms with Crippen LogP contribution in [-0.4, -0.2) is 23.2 Å². The Labute approximate surface area is 203 Å². The van der Waals surface area contributed by atoms with Crippen molar-refractivity contribution in [3.63, 3.8) is 0 Å². The highest BCUT2D eigenvalue weighted by Gasteiger charge is 2.14. The van der Waals surface area contributed by atoms with Gasteiger partial charge in [0.25, 0.3) is 0 Å². The number of benzene rings is 2. The zero-order valence-corrected chi connectivity index (χ0v) is 20.1. The molecule has 0 unspecified atom stereocenters. The molecule has 0 radical (unpaired) electrons. The number of aryl methyl sites for hydroxylation is 1. The summed E-state index contributed by atoms with van der Waals surface area (Å²) in [4.78, 5) is 15.6. The van der Waals surface area contributed by atoms with Crippen LogP contribution in [-0.2, 0) is 11.4 Å². The van der Waals surface area contributed by atoms with E-state index in [1.54, 1.807) is 25.4 Å². The van der Waals surface area contributed by atoms with Crippen LogP contribution < -0.4 is 9.47 Å². The second-order valence-electron chi connectivity index (χ2n) is 7.87. The number of hydrogen-bond acceptors (Lipinski definition) is 5. The SMILES string of the molecule is CC#C[C@@H](CC(=O)O)c1ccc(OCc2ccc3scc(-c4ccc(OC)nc4C)c3c2)cc1. The fourth-order valence-electron chi connectivity index (χ4n) is 3.88. The lowest BCUT2D eigenvalue weighted by Gasteiger charge is -2.11. The van der Waals surface area contributed by atoms with Crippen LogP contribution in [0.5, 0.6) is 11.6 Å². The van der Waals surface area contributed by atoms with Crippen molar-refractivity contribution in [1.82, 2.24) is 4.98 Å². The third-order valence-corrected chi connectivity index (χ3v) is 6.55. The van der Waals surface area contributed by atoms with Gasteiger partial charge in [-0.25, -0.2) is 4.98 Å². The molecule has 0 aliphatic carbocycles. The van der Waals surface area contributed by atoms with Crippen LogP contribution >= 0.6 is 11.3 Å². The van der Waals surface area contributed by atoms with E-state index in [0.29, 0.717) is 12.5 Å². The standard InChI is InChI=1S/C28H25NO4S/c1-4-5-21(15-28(30)31)20-7-9-22(10-8-20)33-16-19-6-12-26-24(14-19)25(17-34-26)23-11-13-27(32-3)29-18(23)2/h6-14,17,21H,15-16H2,1-3H3,(H,30,31)/t21-/m0/s1. The number of pyridine rings is 1. The van der Waals surface area contributed by atoms with E-state index in [9.17, 15) is 4.79 Å². The van der Waals surface area contributed by atoms with Gasteiger partial charge in [-0.2, -0.15) is 0 Å². The minimum atomic E-state index is -0.864. The van der Waals surface area contributed by atoms with E-state index < -0.39 is 5.97 Å². The number of methoxy groups -OCH3 is 1. The predicted molar refractivity (Wildman–Crippen MR) is 136 cm³/mol. The van der Waals surface area contributed by atoms with Crippen molar-refractivity contribution < 1.29 is 19.4 Å². The highest BCUT2D eigenvalue weighted by molar-refractivity contribution is 7.17. The molecule has 5 nitrogen and oxygen atoms in total. The average molecular weight is 472 g/mol. The van der Waals surface area contributed by atoms with Crippen LogP contribution in [0.4, 0.5) is 0 Å². The summed E-state index contributed by atoms with van der Waals surface area (Å²) in [5, 5.41) is 12.5. The Morgan fingerprint density at radius 1 is 1.12 bits per heavy atom. The summed E-state index contributed by atoms with van der Waals surface area (Å²) in [6.45, 7) is 4.14. The zero-order chi connectivity index (χ0) is 24.1. The fraction of sp³-hybridized carbons (Fsp3) is 0.214. The molecular formula is C28H25NO4S. The van der Waals surface area contributed by atoms with Gasteiger partial charge in [0.1, 0.15) is 12.4 Å². The fourth-order valence-corrected chi connectivity index (χ4v) is 4.82. The van der Waals surface area contributed by atoms with Crippen LogP contribution in [0.25, 0.3) is 21.2 Å². The van der Waals surface area contributed by atoms with Gasteiger partial charge < -0.3 is 14.6 Å². The molecule has 0 aliphatic rings. The summed E-state index contributed by atoms with van der Waals surface area (Å²) in [6, 6.07) is 17.8. The number of hydrogen-bond donors (Lipinski definition) is 1. The van der Waals surface area contributed by atoms with Crippen LogP contribution in [0.1, 0.15) is 36.1 Å². The number of rotatable bonds is 8. The second-order valence-corrected chi connectivity index (χ2v) is 8.78. The number of carbonyl (C=O) groups is 1. The van der Waals surface area contributed by atoms with Crippen molar-refractivity contribution in [3.8, 4) is 34.6 Å². The first-order chi connectivity index (χ1) is 16.5. The van der Waals surface area contributed by atoms with E-state index in [4.69, 9.17) is 14.6 Å². The minimum Gasteiger partial charge on any atom is -0.489 e. The monoisotopic (exact) mass is 471 g/mol. The predicted octanol–water partition coefficient (Wildman–Crippen LogP) is 6.44. The Balaban J connectivity index is 1.51. The van der Waals surface area contributed by atoms with Gasteiger partial charge in [-0.1, -0.05) is 24.1 Å². The molecule has 1 atom stereocenters. The topological polar surface area (TPSA) is 68.7 Å². The third-order valence-electron chi connectivity index (χ3n) is 5.58. The molecule has 0 saturated carbocycles. The van der Waals surface area contributed by atoms with E-state index in [1.165, 1.54) is 10.1 Å². The number of carboxylic acid groups (broad SMARTS) is 1. The van der Waals surface area contributed by atoms with E-state index >= 15 is 0 Å². The van der Waals surface area contributed by atoms with Gasteiger partial charge in [0.2, 0.25) is 5.88 Å². The Kier molecular flexibility index (Phi) is 7.15. The molecule has 0 amide bonds. The number of aromatic nitrogens is 1. The second kappa shape index (κ2) is 10.4. The maximum absolute atomic E-state index is 11.1. The highest BCUT2D eigenvalue weighted by Crippen LogP contribution is 2.36. The molecule has 2 aromatic carbocycles. The van der Waals surface area contributed by atoms with Gasteiger partial charge >= 0.3 is 5.97 Å². The summed E-state index contributed by atoms with van der Waals surface area (Å²) in [7, 11) is 1.62. The van der Waals surface area contributed by atoms with E-state index in [2.05, 4.69) is 40.4 Å². The first-order valence-corrected chi connectivity index (χ1v) is 11.8. The number of fused-ring (bicyclic) bond motifs is 1. The lowest BCUT2D eigenvalue weighted by atomic mass is 9.96. The number of carboxylic acids is 1. The van der Waals surface area contributed by atoms with E-state index in [1.807, 2.05) is 43.3 Å². The van der Waals surface area contributed by atoms with Crippen LogP contribution in [0, 0.1) is 18.8 Å². The smallest absolute Gasteiger partial charge is 0.304 e. The third kappa shape index (κ3) is 5.22. The highest BCUT2D eigenvalue weighted by atomic mass is 32.1. The molecule has 4 aromatic rings. The van der Waals surface area contributed by atoms with Gasteiger partial charge in [0.05, 0.1) is 19.4 Å². The van der Waals surface area contributed by atoms with Crippen LogP contribution in [0.3, 0.4) is 0 Å². The normalized spacial score (nSPS) is 11.5. The maximum atomic E-state index is 11.1. The lowest BCUT2D eigenvalue weighted by Crippen LogP contribution is -2.04. The molecule has 0 saturated heterocycles. The molecule has 0 aliphatic heterocycles. The van der Waals surface area contributed by atoms with Crippen molar-refractivity contribution in [3.05, 3.63) is 76.8 Å². The van der Waals surface area contributed by atoms with E-state index in [0.717, 1.165) is 33.7 Å². The molecule has 4 rings (SSSR count). The Hall–Kier alpha value is -3.82. The van der Waals surface area contributed by atoms with Gasteiger partial charge in [0.15, 0.2) is 0 Å². The Morgan fingerprint density at radius 3 is 2.59 bits per heavy atom. The lowest BCUT2D eigenvalue weighted by molar-refractivity contribution is -0.137. The van der Waals surface area contributed by atoms with Crippen molar-refractivity contribution in [2.45, 2.75) is 32.8 Å². The molecule has 0 spiro atoms. The number of thiophene rings is 1. The Morgan fingerprint density at radius 2 is 1.91 bits per heavy atom. The quantitative estimate of drug-likeness (QED) is 0.300. The zero-order valence-electron chi connectivity index (χ0n) is 19.3. The summed E-state index contributed by atoms with van der Waals surface area (Å²) in [6.07, 6.45) is -0.0206. The van der Waals surface area contributed by atoms with Gasteiger partial charge in [-0.3, -0.25) is 4.79 Å². The molecule has 2 aromatic heterocycles. The molecule has 6 heteroatoms. The molecule has 0 bridgehead atoms. The minimum absolute atomic E-state index is 0.0206. The summed E-state index contributed by atoms with van der Waals surface area (Å²) in [5.74, 6) is 5.93. The average Bonchev–Trinajstić information content (AvgIpc) is 3.25. The van der Waals surface area contributed by atoms with Gasteiger partial charge in [-0.05, 0) is 60.7 Å². The van der Waals surface area contributed by atoms with Crippen molar-refractivity contribution in [1.29, 1.82) is 0 Å². The van der Waals surface area contributed by atoms with Gasteiger partial charge in [0, 0.05) is 33.0 Å². The number of aliphatic carboxylic acids is 1. The van der Waals surface area contributed by atoms with Crippen molar-refractivity contribution >= 4 is 27.4 Å². The van der Waals surface area contributed by atoms with Crippen molar-refractivity contribution in [2.75, 3.05) is 7.11 Å². The summed E-state index contributed by atoms with van der Waals surface area (Å²) < 4.78 is 12.5. The maximum Gasteiger partial charge on any atom is 0.304 e. The molecule has 1 N–H and O–H groups in total. The number of ether oxygens (including phenoxy) is 2. The van der Waals surface area contributed by atoms with Crippen molar-refractivity contribution in [2.24, 2.45) is 0 Å². The molecular weight excluding hydrogens is 446 g/mol. The largest absolute Gasteiger partial charge is 0.489 e. The Bertz CT molecular complexity index is 1380. The summed E-state index contributed by atoms with van der Waals surface area (Å²) >= 11 is 1.71.